The standard InChI is InChI=1S/C7H9B/c1-2-7-3-5-8-6-4-7/h3-6H,2H2,1H3. The topological polar surface area (TPSA) is 0 Å². The Labute approximate surface area is 50.8 Å². The zero-order chi connectivity index (χ0) is 5.82. The summed E-state index contributed by atoms with van der Waals surface area (Å²) >= 11 is 0. The average Bonchev–Trinajstić information content (AvgIpc) is 1.90. The second-order valence-electron chi connectivity index (χ2n) is 1.84. The van der Waals surface area contributed by atoms with Crippen molar-refractivity contribution in [2.24, 2.45) is 0 Å². The van der Waals surface area contributed by atoms with Gasteiger partial charge in [0.2, 0.25) is 0 Å². The molecule has 0 bridgehead atoms. The molecule has 0 aromatic carbocycles. The molecule has 0 N–H and O–H groups in total. The van der Waals surface area contributed by atoms with Crippen LogP contribution in [-0.4, -0.2) is 6.91 Å². The van der Waals surface area contributed by atoms with Crippen LogP contribution in [-0.2, 0) is 6.42 Å². The molecule has 0 atom stereocenters. The third kappa shape index (κ3) is 1.19. The third-order valence-electron chi connectivity index (χ3n) is 1.25. The van der Waals surface area contributed by atoms with Crippen molar-refractivity contribution >= 4 is 6.91 Å². The van der Waals surface area contributed by atoms with Gasteiger partial charge in [-0.25, -0.2) is 0 Å². The van der Waals surface area contributed by atoms with Crippen LogP contribution in [0.25, 0.3) is 0 Å². The molecule has 1 heterocycles. The van der Waals surface area contributed by atoms with Crippen molar-refractivity contribution in [3.8, 4) is 0 Å². The average molecular weight is 104 g/mol. The molecular weight excluding hydrogens is 94.9 g/mol. The molecule has 0 amide bonds. The van der Waals surface area contributed by atoms with Gasteiger partial charge in [0.05, 0.1) is 0 Å². The van der Waals surface area contributed by atoms with Crippen LogP contribution in [0.5, 0.6) is 0 Å². The molecular formula is C7H9B. The van der Waals surface area contributed by atoms with E-state index in [4.69, 9.17) is 0 Å². The van der Waals surface area contributed by atoms with Crippen molar-refractivity contribution in [2.45, 2.75) is 13.3 Å². The number of hydrogen-bond acceptors (Lipinski definition) is 0. The van der Waals surface area contributed by atoms with Gasteiger partial charge in [0.15, 0.2) is 0 Å². The molecule has 0 radical (unpaired) electrons. The van der Waals surface area contributed by atoms with E-state index >= 15 is 0 Å². The summed E-state index contributed by atoms with van der Waals surface area (Å²) in [5.41, 5.74) is 1.41. The minimum atomic E-state index is 1.14. The van der Waals surface area contributed by atoms with E-state index in [0.29, 0.717) is 0 Å². The van der Waals surface area contributed by atoms with Crippen molar-refractivity contribution in [3.63, 3.8) is 0 Å². The molecule has 0 nitrogen and oxygen atoms in total. The fraction of sp³-hybridized carbons (Fsp3) is 0.286. The van der Waals surface area contributed by atoms with E-state index in [9.17, 15) is 0 Å². The molecule has 0 spiro atoms. The van der Waals surface area contributed by atoms with Crippen LogP contribution in [0.3, 0.4) is 0 Å². The van der Waals surface area contributed by atoms with Gasteiger partial charge in [0, 0.05) is 0 Å². The van der Waals surface area contributed by atoms with Crippen molar-refractivity contribution in [1.82, 2.24) is 0 Å². The first-order valence-electron chi connectivity index (χ1n) is 2.97. The van der Waals surface area contributed by atoms with Gasteiger partial charge in [0.25, 0.3) is 0 Å². The van der Waals surface area contributed by atoms with Gasteiger partial charge >= 0.3 is 49.9 Å². The fourth-order valence-electron chi connectivity index (χ4n) is 0.714. The summed E-state index contributed by atoms with van der Waals surface area (Å²) in [5.74, 6) is 4.14. The van der Waals surface area contributed by atoms with Crippen LogP contribution in [0.1, 0.15) is 12.5 Å². The van der Waals surface area contributed by atoms with Gasteiger partial charge < -0.3 is 0 Å². The predicted octanol–water partition coefficient (Wildman–Crippen LogP) is 1.59. The summed E-state index contributed by atoms with van der Waals surface area (Å²) in [4.78, 5) is 0. The normalized spacial score (nSPS) is 8.62. The van der Waals surface area contributed by atoms with Gasteiger partial charge in [-0.2, -0.15) is 0 Å². The van der Waals surface area contributed by atoms with Crippen LogP contribution in [0.4, 0.5) is 0 Å². The van der Waals surface area contributed by atoms with Crippen LogP contribution in [0.15, 0.2) is 24.1 Å². The van der Waals surface area contributed by atoms with Crippen molar-refractivity contribution in [3.05, 3.63) is 29.6 Å². The van der Waals surface area contributed by atoms with Crippen molar-refractivity contribution in [2.75, 3.05) is 0 Å². The molecule has 40 valence electrons. The Morgan fingerprint density at radius 3 is 2.38 bits per heavy atom. The van der Waals surface area contributed by atoms with Crippen molar-refractivity contribution < 1.29 is 0 Å². The van der Waals surface area contributed by atoms with Crippen LogP contribution < -0.4 is 0 Å². The van der Waals surface area contributed by atoms with Gasteiger partial charge in [-0.15, -0.1) is 0 Å². The molecule has 0 aliphatic heterocycles. The molecule has 0 unspecified atom stereocenters. The van der Waals surface area contributed by atoms with E-state index in [1.165, 1.54) is 5.56 Å². The molecule has 1 aromatic heterocycles. The Kier molecular flexibility index (Phi) is 1.84. The van der Waals surface area contributed by atoms with Crippen LogP contribution in [0, 0.1) is 0 Å². The summed E-state index contributed by atoms with van der Waals surface area (Å²) in [5, 5.41) is 0. The maximum atomic E-state index is 2.16. The van der Waals surface area contributed by atoms with E-state index in [2.05, 4.69) is 31.0 Å². The van der Waals surface area contributed by atoms with E-state index < -0.39 is 0 Å². The molecule has 8 heavy (non-hydrogen) atoms. The predicted molar refractivity (Wildman–Crippen MR) is 37.2 cm³/mol. The van der Waals surface area contributed by atoms with E-state index in [0.717, 1.165) is 6.42 Å². The van der Waals surface area contributed by atoms with Gasteiger partial charge in [-0.05, 0) is 0 Å². The first kappa shape index (κ1) is 5.55. The molecule has 0 aliphatic carbocycles. The Hall–Kier alpha value is -0.585. The quantitative estimate of drug-likeness (QED) is 0.507. The summed E-state index contributed by atoms with van der Waals surface area (Å²) in [6.45, 7) is 4.20. The van der Waals surface area contributed by atoms with E-state index in [1.807, 2.05) is 6.91 Å². The Bertz CT molecular complexity index is 146. The zero-order valence-corrected chi connectivity index (χ0v) is 5.09. The van der Waals surface area contributed by atoms with Gasteiger partial charge in [-0.1, -0.05) is 0 Å². The van der Waals surface area contributed by atoms with Crippen LogP contribution >= 0.6 is 0 Å². The minimum absolute atomic E-state index is 1.14. The summed E-state index contributed by atoms with van der Waals surface area (Å²) in [7, 11) is 0. The molecule has 0 saturated carbocycles. The Morgan fingerprint density at radius 1 is 1.38 bits per heavy atom. The van der Waals surface area contributed by atoms with Gasteiger partial charge in [-0.3, -0.25) is 0 Å². The molecule has 0 aliphatic rings. The maximum absolute atomic E-state index is 2.16. The van der Waals surface area contributed by atoms with E-state index in [1.54, 1.807) is 0 Å². The summed E-state index contributed by atoms with van der Waals surface area (Å²) in [6, 6.07) is 4.28. The molecule has 0 fully saturated rings. The Balaban J connectivity index is 2.83. The fourth-order valence-corrected chi connectivity index (χ4v) is 0.714. The SMILES string of the molecule is CCc1ccbcc1. The van der Waals surface area contributed by atoms with E-state index in [-0.39, 0.29) is 0 Å². The first-order valence-corrected chi connectivity index (χ1v) is 2.97. The number of aryl methyl sites for hydroxylation is 1. The molecule has 1 aromatic rings. The van der Waals surface area contributed by atoms with Crippen molar-refractivity contribution in [1.29, 1.82) is 0 Å². The first-order chi connectivity index (χ1) is 3.93. The Morgan fingerprint density at radius 2 is 2.00 bits per heavy atom. The molecule has 0 saturated heterocycles. The summed E-state index contributed by atoms with van der Waals surface area (Å²) < 4.78 is 0. The van der Waals surface area contributed by atoms with Crippen LogP contribution in [0.2, 0.25) is 0 Å². The zero-order valence-electron chi connectivity index (χ0n) is 5.09. The second kappa shape index (κ2) is 2.66. The van der Waals surface area contributed by atoms with Gasteiger partial charge in [0.1, 0.15) is 0 Å². The molecule has 1 rings (SSSR count). The molecule has 1 heteroatoms. The number of hydrogen-bond donors (Lipinski definition) is 0. The monoisotopic (exact) mass is 104 g/mol. The second-order valence-corrected chi connectivity index (χ2v) is 1.84. The number of rotatable bonds is 1. The summed E-state index contributed by atoms with van der Waals surface area (Å²) in [6.07, 6.45) is 1.14. The third-order valence-corrected chi connectivity index (χ3v) is 1.25.